The molecule has 0 atom stereocenters. The van der Waals surface area contributed by atoms with Gasteiger partial charge in [0.15, 0.2) is 5.69 Å². The van der Waals surface area contributed by atoms with E-state index < -0.39 is 0 Å². The van der Waals surface area contributed by atoms with Crippen molar-refractivity contribution in [2.24, 2.45) is 0 Å². The molecule has 0 aliphatic carbocycles. The Morgan fingerprint density at radius 1 is 1.29 bits per heavy atom. The highest BCUT2D eigenvalue weighted by atomic mass is 16.5. The van der Waals surface area contributed by atoms with Gasteiger partial charge in [0.25, 0.3) is 5.91 Å². The molecular formula is C14H17N5O2. The summed E-state index contributed by atoms with van der Waals surface area (Å²) in [5.74, 6) is 0.913. The molecule has 0 bridgehead atoms. The lowest BCUT2D eigenvalue weighted by atomic mass is 10.2. The Balaban J connectivity index is 1.99. The van der Waals surface area contributed by atoms with Crippen molar-refractivity contribution in [3.05, 3.63) is 41.7 Å². The zero-order valence-electron chi connectivity index (χ0n) is 12.0. The van der Waals surface area contributed by atoms with Crippen molar-refractivity contribution in [2.75, 3.05) is 19.0 Å². The van der Waals surface area contributed by atoms with Gasteiger partial charge in [-0.05, 0) is 25.1 Å². The van der Waals surface area contributed by atoms with E-state index >= 15 is 0 Å². The van der Waals surface area contributed by atoms with E-state index in [0.29, 0.717) is 30.5 Å². The summed E-state index contributed by atoms with van der Waals surface area (Å²) in [6.07, 6.45) is 1.67. The first kappa shape index (κ1) is 14.7. The van der Waals surface area contributed by atoms with E-state index in [-0.39, 0.29) is 5.91 Å². The van der Waals surface area contributed by atoms with Crippen molar-refractivity contribution in [1.82, 2.24) is 20.5 Å². The molecule has 0 aromatic carbocycles. The van der Waals surface area contributed by atoms with Crippen LogP contribution in [-0.2, 0) is 6.54 Å². The molecule has 0 saturated carbocycles. The molecule has 21 heavy (non-hydrogen) atoms. The molecule has 7 nitrogen and oxygen atoms in total. The third-order valence-corrected chi connectivity index (χ3v) is 2.74. The van der Waals surface area contributed by atoms with Crippen molar-refractivity contribution >= 4 is 11.7 Å². The molecule has 0 spiro atoms. The minimum absolute atomic E-state index is 0.231. The SMILES string of the molecule is CCNC(=O)c1ccc(NCc2cccnc2OC)nn1. The average Bonchev–Trinajstić information content (AvgIpc) is 2.54. The van der Waals surface area contributed by atoms with E-state index in [0.717, 1.165) is 5.56 Å². The molecule has 2 rings (SSSR count). The lowest BCUT2D eigenvalue weighted by Crippen LogP contribution is -2.24. The first-order chi connectivity index (χ1) is 10.2. The number of pyridine rings is 1. The molecule has 0 fully saturated rings. The molecule has 0 radical (unpaired) electrons. The molecule has 0 saturated heterocycles. The molecule has 2 aromatic rings. The van der Waals surface area contributed by atoms with Crippen molar-refractivity contribution in [1.29, 1.82) is 0 Å². The maximum Gasteiger partial charge on any atom is 0.271 e. The third kappa shape index (κ3) is 3.88. The monoisotopic (exact) mass is 287 g/mol. The van der Waals surface area contributed by atoms with Gasteiger partial charge in [0.2, 0.25) is 5.88 Å². The maximum absolute atomic E-state index is 11.6. The summed E-state index contributed by atoms with van der Waals surface area (Å²) in [4.78, 5) is 15.7. The van der Waals surface area contributed by atoms with Crippen LogP contribution in [0.15, 0.2) is 30.5 Å². The topological polar surface area (TPSA) is 89.0 Å². The van der Waals surface area contributed by atoms with Gasteiger partial charge in [-0.2, -0.15) is 0 Å². The number of nitrogens with one attached hydrogen (secondary N) is 2. The van der Waals surface area contributed by atoms with E-state index in [1.807, 2.05) is 19.1 Å². The summed E-state index contributed by atoms with van der Waals surface area (Å²) < 4.78 is 5.17. The van der Waals surface area contributed by atoms with Crippen LogP contribution in [0.1, 0.15) is 23.0 Å². The van der Waals surface area contributed by atoms with E-state index in [1.165, 1.54) is 0 Å². The summed E-state index contributed by atoms with van der Waals surface area (Å²) in [6.45, 7) is 2.91. The van der Waals surface area contributed by atoms with Crippen molar-refractivity contribution in [2.45, 2.75) is 13.5 Å². The fourth-order valence-corrected chi connectivity index (χ4v) is 1.73. The highest BCUT2D eigenvalue weighted by Gasteiger charge is 2.07. The van der Waals surface area contributed by atoms with Crippen LogP contribution in [-0.4, -0.2) is 34.7 Å². The van der Waals surface area contributed by atoms with Crippen molar-refractivity contribution in [3.8, 4) is 5.88 Å². The predicted molar refractivity (Wildman–Crippen MR) is 78.2 cm³/mol. The number of ether oxygens (including phenoxy) is 1. The normalized spacial score (nSPS) is 10.0. The van der Waals surface area contributed by atoms with Crippen LogP contribution in [0, 0.1) is 0 Å². The number of carbonyl (C=O) groups is 1. The Kier molecular flexibility index (Phi) is 5.03. The third-order valence-electron chi connectivity index (χ3n) is 2.74. The summed E-state index contributed by atoms with van der Waals surface area (Å²) >= 11 is 0. The van der Waals surface area contributed by atoms with E-state index in [1.54, 1.807) is 25.4 Å². The van der Waals surface area contributed by atoms with Crippen LogP contribution >= 0.6 is 0 Å². The zero-order chi connectivity index (χ0) is 15.1. The number of amides is 1. The number of aromatic nitrogens is 3. The molecule has 110 valence electrons. The largest absolute Gasteiger partial charge is 0.481 e. The minimum Gasteiger partial charge on any atom is -0.481 e. The molecule has 2 aromatic heterocycles. The van der Waals surface area contributed by atoms with Gasteiger partial charge in [-0.25, -0.2) is 4.98 Å². The molecule has 2 heterocycles. The predicted octanol–water partition coefficient (Wildman–Crippen LogP) is 1.24. The second-order valence-electron chi connectivity index (χ2n) is 4.19. The number of anilines is 1. The first-order valence-corrected chi connectivity index (χ1v) is 6.58. The van der Waals surface area contributed by atoms with Gasteiger partial charge in [-0.1, -0.05) is 6.07 Å². The number of nitrogens with zero attached hydrogens (tertiary/aromatic N) is 3. The second kappa shape index (κ2) is 7.18. The van der Waals surface area contributed by atoms with E-state index in [2.05, 4.69) is 25.8 Å². The van der Waals surface area contributed by atoms with E-state index in [9.17, 15) is 4.79 Å². The van der Waals surface area contributed by atoms with Crippen LogP contribution in [0.5, 0.6) is 5.88 Å². The number of methoxy groups -OCH3 is 1. The Hall–Kier alpha value is -2.70. The lowest BCUT2D eigenvalue weighted by Gasteiger charge is -2.08. The number of hydrogen-bond donors (Lipinski definition) is 2. The molecule has 2 N–H and O–H groups in total. The van der Waals surface area contributed by atoms with Gasteiger partial charge in [-0.3, -0.25) is 4.79 Å². The second-order valence-corrected chi connectivity index (χ2v) is 4.19. The Bertz CT molecular complexity index is 601. The van der Waals surface area contributed by atoms with Gasteiger partial charge >= 0.3 is 0 Å². The standard InChI is InChI=1S/C14H17N5O2/c1-3-15-13(20)11-6-7-12(19-18-11)17-9-10-5-4-8-16-14(10)21-2/h4-8H,3,9H2,1-2H3,(H,15,20)(H,17,19). The van der Waals surface area contributed by atoms with Crippen LogP contribution < -0.4 is 15.4 Å². The van der Waals surface area contributed by atoms with Crippen molar-refractivity contribution < 1.29 is 9.53 Å². The van der Waals surface area contributed by atoms with Gasteiger partial charge in [0.05, 0.1) is 7.11 Å². The van der Waals surface area contributed by atoms with Gasteiger partial charge in [-0.15, -0.1) is 10.2 Å². The first-order valence-electron chi connectivity index (χ1n) is 6.58. The molecule has 1 amide bonds. The number of hydrogen-bond acceptors (Lipinski definition) is 6. The van der Waals surface area contributed by atoms with Crippen LogP contribution in [0.3, 0.4) is 0 Å². The number of rotatable bonds is 6. The molecular weight excluding hydrogens is 270 g/mol. The van der Waals surface area contributed by atoms with Gasteiger partial charge in [0.1, 0.15) is 5.82 Å². The van der Waals surface area contributed by atoms with Crippen LogP contribution in [0.25, 0.3) is 0 Å². The number of carbonyl (C=O) groups excluding carboxylic acids is 1. The molecule has 0 aliphatic rings. The fourth-order valence-electron chi connectivity index (χ4n) is 1.73. The Morgan fingerprint density at radius 2 is 2.14 bits per heavy atom. The lowest BCUT2D eigenvalue weighted by molar-refractivity contribution is 0.0950. The van der Waals surface area contributed by atoms with E-state index in [4.69, 9.17) is 4.74 Å². The van der Waals surface area contributed by atoms with Crippen molar-refractivity contribution in [3.63, 3.8) is 0 Å². The average molecular weight is 287 g/mol. The summed E-state index contributed by atoms with van der Waals surface area (Å²) in [6, 6.07) is 7.08. The van der Waals surface area contributed by atoms with Gasteiger partial charge < -0.3 is 15.4 Å². The zero-order valence-corrected chi connectivity index (χ0v) is 12.0. The smallest absolute Gasteiger partial charge is 0.271 e. The molecule has 0 aliphatic heterocycles. The summed E-state index contributed by atoms with van der Waals surface area (Å²) in [5.41, 5.74) is 1.20. The summed E-state index contributed by atoms with van der Waals surface area (Å²) in [7, 11) is 1.58. The van der Waals surface area contributed by atoms with Crippen LogP contribution in [0.4, 0.5) is 5.82 Å². The molecule has 0 unspecified atom stereocenters. The molecule has 7 heteroatoms. The Labute approximate surface area is 122 Å². The minimum atomic E-state index is -0.231. The fraction of sp³-hybridized carbons (Fsp3) is 0.286. The maximum atomic E-state index is 11.6. The van der Waals surface area contributed by atoms with Gasteiger partial charge in [0, 0.05) is 24.8 Å². The highest BCUT2D eigenvalue weighted by molar-refractivity contribution is 5.92. The quantitative estimate of drug-likeness (QED) is 0.831. The van der Waals surface area contributed by atoms with Crippen LogP contribution in [0.2, 0.25) is 0 Å². The Morgan fingerprint density at radius 3 is 2.81 bits per heavy atom. The summed E-state index contributed by atoms with van der Waals surface area (Å²) in [5, 5.41) is 13.6. The highest BCUT2D eigenvalue weighted by Crippen LogP contribution is 2.15.